The zero-order chi connectivity index (χ0) is 17.4. The number of rotatable bonds is 2. The SMILES string of the molecule is CC(=O)C1=C(C)Nc2cc[nH]c(=O)c2C1c1ccc(C#N)cc1Cl. The fraction of sp³-hybridized carbons (Fsp3) is 0.167. The molecule has 1 unspecified atom stereocenters. The summed E-state index contributed by atoms with van der Waals surface area (Å²) in [5.41, 5.74) is 3.03. The van der Waals surface area contributed by atoms with Gasteiger partial charge in [0.2, 0.25) is 0 Å². The van der Waals surface area contributed by atoms with E-state index in [4.69, 9.17) is 16.9 Å². The Bertz CT molecular complexity index is 982. The van der Waals surface area contributed by atoms with Crippen LogP contribution in [-0.2, 0) is 4.79 Å². The number of halogens is 1. The second-order valence-corrected chi connectivity index (χ2v) is 6.04. The highest BCUT2D eigenvalue weighted by molar-refractivity contribution is 6.31. The van der Waals surface area contributed by atoms with E-state index in [1.165, 1.54) is 6.92 Å². The number of aromatic amines is 1. The molecule has 0 fully saturated rings. The lowest BCUT2D eigenvalue weighted by molar-refractivity contribution is -0.113. The Morgan fingerprint density at radius 3 is 2.71 bits per heavy atom. The average molecular weight is 340 g/mol. The number of aromatic nitrogens is 1. The summed E-state index contributed by atoms with van der Waals surface area (Å²) >= 11 is 6.36. The molecule has 0 amide bonds. The Kier molecular flexibility index (Phi) is 4.00. The highest BCUT2D eigenvalue weighted by Crippen LogP contribution is 2.42. The molecule has 0 aliphatic carbocycles. The Labute approximate surface area is 143 Å². The first-order chi connectivity index (χ1) is 11.4. The van der Waals surface area contributed by atoms with Crippen LogP contribution < -0.4 is 10.9 Å². The Morgan fingerprint density at radius 2 is 2.08 bits per heavy atom. The maximum absolute atomic E-state index is 12.4. The number of allylic oxidation sites excluding steroid dienone is 2. The van der Waals surface area contributed by atoms with E-state index in [0.717, 1.165) is 0 Å². The van der Waals surface area contributed by atoms with Crippen LogP contribution in [0.25, 0.3) is 0 Å². The molecule has 24 heavy (non-hydrogen) atoms. The van der Waals surface area contributed by atoms with Crippen LogP contribution in [0, 0.1) is 11.3 Å². The van der Waals surface area contributed by atoms with Gasteiger partial charge in [-0.15, -0.1) is 0 Å². The smallest absolute Gasteiger partial charge is 0.254 e. The molecular formula is C18H14ClN3O2. The monoisotopic (exact) mass is 339 g/mol. The number of ketones is 1. The van der Waals surface area contributed by atoms with Gasteiger partial charge in [-0.1, -0.05) is 17.7 Å². The van der Waals surface area contributed by atoms with Crippen molar-refractivity contribution >= 4 is 23.1 Å². The predicted molar refractivity (Wildman–Crippen MR) is 92.1 cm³/mol. The van der Waals surface area contributed by atoms with Crippen LogP contribution in [0.4, 0.5) is 5.69 Å². The lowest BCUT2D eigenvalue weighted by Gasteiger charge is -2.29. The lowest BCUT2D eigenvalue weighted by atomic mass is 9.79. The van der Waals surface area contributed by atoms with Crippen molar-refractivity contribution in [2.45, 2.75) is 19.8 Å². The second-order valence-electron chi connectivity index (χ2n) is 5.64. The lowest BCUT2D eigenvalue weighted by Crippen LogP contribution is -2.28. The largest absolute Gasteiger partial charge is 0.358 e. The number of nitriles is 1. The third-order valence-electron chi connectivity index (χ3n) is 4.12. The first kappa shape index (κ1) is 16.0. The summed E-state index contributed by atoms with van der Waals surface area (Å²) in [4.78, 5) is 27.3. The first-order valence-electron chi connectivity index (χ1n) is 7.34. The molecule has 1 aliphatic heterocycles. The van der Waals surface area contributed by atoms with E-state index in [-0.39, 0.29) is 11.3 Å². The van der Waals surface area contributed by atoms with E-state index in [2.05, 4.69) is 10.3 Å². The summed E-state index contributed by atoms with van der Waals surface area (Å²) in [6.07, 6.45) is 1.55. The van der Waals surface area contributed by atoms with Crippen molar-refractivity contribution < 1.29 is 4.79 Å². The second kappa shape index (κ2) is 5.99. The van der Waals surface area contributed by atoms with Crippen molar-refractivity contribution in [1.29, 1.82) is 5.26 Å². The van der Waals surface area contributed by atoms with Gasteiger partial charge >= 0.3 is 0 Å². The van der Waals surface area contributed by atoms with Crippen LogP contribution in [0.5, 0.6) is 0 Å². The number of carbonyl (C=O) groups is 1. The molecule has 1 aliphatic rings. The molecule has 0 bridgehead atoms. The zero-order valence-electron chi connectivity index (χ0n) is 13.1. The fourth-order valence-corrected chi connectivity index (χ4v) is 3.42. The number of benzene rings is 1. The molecule has 2 aromatic rings. The molecule has 3 rings (SSSR count). The van der Waals surface area contributed by atoms with Gasteiger partial charge in [-0.05, 0) is 37.6 Å². The third-order valence-corrected chi connectivity index (χ3v) is 4.45. The number of nitrogens with zero attached hydrogens (tertiary/aromatic N) is 1. The summed E-state index contributed by atoms with van der Waals surface area (Å²) in [5.74, 6) is -0.719. The summed E-state index contributed by atoms with van der Waals surface area (Å²) in [6.45, 7) is 3.26. The number of nitrogens with one attached hydrogen (secondary N) is 2. The summed E-state index contributed by atoms with van der Waals surface area (Å²) < 4.78 is 0. The molecule has 2 N–H and O–H groups in total. The molecule has 1 atom stereocenters. The quantitative estimate of drug-likeness (QED) is 0.878. The Balaban J connectivity index is 2.33. The van der Waals surface area contributed by atoms with Gasteiger partial charge in [0.05, 0.1) is 17.2 Å². The Morgan fingerprint density at radius 1 is 1.33 bits per heavy atom. The van der Waals surface area contributed by atoms with Gasteiger partial charge < -0.3 is 10.3 Å². The molecule has 2 heterocycles. The number of anilines is 1. The van der Waals surface area contributed by atoms with Gasteiger partial charge in [-0.3, -0.25) is 9.59 Å². The minimum absolute atomic E-state index is 0.140. The summed E-state index contributed by atoms with van der Waals surface area (Å²) in [7, 11) is 0. The third kappa shape index (κ3) is 2.51. The molecule has 1 aromatic carbocycles. The normalized spacial score (nSPS) is 16.2. The fourth-order valence-electron chi connectivity index (χ4n) is 3.13. The van der Waals surface area contributed by atoms with Gasteiger partial charge in [0.25, 0.3) is 5.56 Å². The topological polar surface area (TPSA) is 85.8 Å². The van der Waals surface area contributed by atoms with Crippen molar-refractivity contribution in [2.24, 2.45) is 0 Å². The van der Waals surface area contributed by atoms with Crippen LogP contribution in [0.2, 0.25) is 5.02 Å². The maximum Gasteiger partial charge on any atom is 0.254 e. The van der Waals surface area contributed by atoms with Gasteiger partial charge in [0.1, 0.15) is 0 Å². The van der Waals surface area contributed by atoms with Crippen LogP contribution in [0.3, 0.4) is 0 Å². The van der Waals surface area contributed by atoms with Gasteiger partial charge in [0.15, 0.2) is 5.78 Å². The molecular weight excluding hydrogens is 326 g/mol. The van der Waals surface area contributed by atoms with Gasteiger partial charge in [-0.25, -0.2) is 0 Å². The minimum atomic E-state index is -0.580. The van der Waals surface area contributed by atoms with Crippen molar-refractivity contribution in [3.8, 4) is 6.07 Å². The summed E-state index contributed by atoms with van der Waals surface area (Å²) in [5, 5.41) is 12.5. The maximum atomic E-state index is 12.4. The molecule has 0 saturated carbocycles. The van der Waals surface area contributed by atoms with Crippen molar-refractivity contribution in [2.75, 3.05) is 5.32 Å². The van der Waals surface area contributed by atoms with Crippen molar-refractivity contribution in [1.82, 2.24) is 4.98 Å². The number of fused-ring (bicyclic) bond motifs is 1. The number of Topliss-reactive ketones (excluding diaryl/α,β-unsaturated/α-hetero) is 1. The van der Waals surface area contributed by atoms with E-state index >= 15 is 0 Å². The minimum Gasteiger partial charge on any atom is -0.358 e. The molecule has 6 heteroatoms. The average Bonchev–Trinajstić information content (AvgIpc) is 2.53. The Hall–Kier alpha value is -2.84. The highest BCUT2D eigenvalue weighted by atomic mass is 35.5. The van der Waals surface area contributed by atoms with E-state index < -0.39 is 5.92 Å². The molecule has 0 radical (unpaired) electrons. The molecule has 0 spiro atoms. The van der Waals surface area contributed by atoms with Crippen LogP contribution >= 0.6 is 11.6 Å². The van der Waals surface area contributed by atoms with E-state index in [0.29, 0.717) is 38.7 Å². The standard InChI is InChI=1S/C18H14ClN3O2/c1-9-15(10(2)23)16(12-4-3-11(8-20)7-13(12)19)17-14(22-9)5-6-21-18(17)24/h3-7,16,22H,1-2H3,(H,21,24). The molecule has 5 nitrogen and oxygen atoms in total. The van der Waals surface area contributed by atoms with Crippen LogP contribution in [0.15, 0.2) is 46.5 Å². The van der Waals surface area contributed by atoms with Gasteiger partial charge in [-0.2, -0.15) is 5.26 Å². The van der Waals surface area contributed by atoms with Crippen molar-refractivity contribution in [3.05, 3.63) is 73.8 Å². The first-order valence-corrected chi connectivity index (χ1v) is 7.71. The van der Waals surface area contributed by atoms with Crippen LogP contribution in [0.1, 0.15) is 36.5 Å². The molecule has 1 aromatic heterocycles. The molecule has 120 valence electrons. The van der Waals surface area contributed by atoms with E-state index in [9.17, 15) is 9.59 Å². The number of hydrogen-bond donors (Lipinski definition) is 2. The van der Waals surface area contributed by atoms with E-state index in [1.54, 1.807) is 37.4 Å². The summed E-state index contributed by atoms with van der Waals surface area (Å²) in [6, 6.07) is 8.65. The highest BCUT2D eigenvalue weighted by Gasteiger charge is 2.33. The number of carbonyl (C=O) groups excluding carboxylic acids is 1. The van der Waals surface area contributed by atoms with Gasteiger partial charge in [0, 0.05) is 34.1 Å². The number of pyridine rings is 1. The predicted octanol–water partition coefficient (Wildman–Crippen LogP) is 3.32. The van der Waals surface area contributed by atoms with E-state index in [1.807, 2.05) is 6.07 Å². The van der Waals surface area contributed by atoms with Crippen LogP contribution in [-0.4, -0.2) is 10.8 Å². The van der Waals surface area contributed by atoms with Crippen molar-refractivity contribution in [3.63, 3.8) is 0 Å². The molecule has 0 saturated heterocycles. The zero-order valence-corrected chi connectivity index (χ0v) is 13.9. The number of hydrogen-bond acceptors (Lipinski definition) is 4. The number of H-pyrrole nitrogens is 1.